The number of unbranched alkanes of at least 4 members (excludes halogenated alkanes) is 7. The Balaban J connectivity index is 5.75. The van der Waals surface area contributed by atoms with E-state index in [9.17, 15) is 38.7 Å². The first kappa shape index (κ1) is 64.1. The summed E-state index contributed by atoms with van der Waals surface area (Å²) in [5.74, 6) is -1.95. The molecule has 0 aromatic rings. The van der Waals surface area contributed by atoms with Gasteiger partial charge in [0.15, 0.2) is 0 Å². The van der Waals surface area contributed by atoms with E-state index in [1.54, 1.807) is 4.90 Å². The maximum absolute atomic E-state index is 14.4. The van der Waals surface area contributed by atoms with Gasteiger partial charge in [0, 0.05) is 91.2 Å². The Hall–Kier alpha value is -3.87. The van der Waals surface area contributed by atoms with Gasteiger partial charge in [-0.1, -0.05) is 33.1 Å². The SMILES string of the molecule is CC(C)CC(=O)NC(C(=O)NCCCC(=O)NC(CCCCNC(=O)CCCCCOC(C)C)C(=O)N(CCNC(=O)CCCCCOC(C)C)CCNC(=O)CCCCCOC(C)C)C(C)O. The lowest BCUT2D eigenvalue weighted by Gasteiger charge is -2.28. The van der Waals surface area contributed by atoms with E-state index in [0.29, 0.717) is 71.3 Å². The number of nitrogens with one attached hydrogen (secondary N) is 6. The van der Waals surface area contributed by atoms with E-state index < -0.39 is 30.0 Å². The predicted octanol–water partition coefficient (Wildman–Crippen LogP) is 4.58. The molecule has 0 aliphatic rings. The van der Waals surface area contributed by atoms with Crippen molar-refractivity contribution in [1.82, 2.24) is 36.8 Å². The molecule has 396 valence electrons. The number of carbonyl (C=O) groups excluding carboxylic acids is 7. The zero-order valence-corrected chi connectivity index (χ0v) is 43.6. The average molecular weight is 970 g/mol. The van der Waals surface area contributed by atoms with E-state index >= 15 is 0 Å². The molecule has 0 aliphatic heterocycles. The van der Waals surface area contributed by atoms with Crippen LogP contribution in [0.15, 0.2) is 0 Å². The van der Waals surface area contributed by atoms with Gasteiger partial charge in [0.2, 0.25) is 41.4 Å². The Morgan fingerprint density at radius 3 is 1.31 bits per heavy atom. The van der Waals surface area contributed by atoms with E-state index in [1.165, 1.54) is 6.92 Å². The molecule has 68 heavy (non-hydrogen) atoms. The summed E-state index contributed by atoms with van der Waals surface area (Å²) in [6, 6.07) is -2.09. The Morgan fingerprint density at radius 1 is 0.456 bits per heavy atom. The number of aliphatic hydroxyl groups excluding tert-OH is 1. The minimum atomic E-state index is -1.15. The Morgan fingerprint density at radius 2 is 0.882 bits per heavy atom. The fraction of sp³-hybridized carbons (Fsp3) is 0.860. The van der Waals surface area contributed by atoms with Gasteiger partial charge in [0.25, 0.3) is 0 Å². The molecule has 0 saturated carbocycles. The predicted molar refractivity (Wildman–Crippen MR) is 265 cm³/mol. The zero-order chi connectivity index (χ0) is 51.1. The minimum absolute atomic E-state index is 0.0257. The molecule has 0 fully saturated rings. The molecule has 0 spiro atoms. The first-order valence-corrected chi connectivity index (χ1v) is 25.8. The molecular weight excluding hydrogens is 875 g/mol. The first-order valence-electron chi connectivity index (χ1n) is 25.8. The van der Waals surface area contributed by atoms with Crippen LogP contribution in [0.2, 0.25) is 0 Å². The van der Waals surface area contributed by atoms with Crippen molar-refractivity contribution in [3.05, 3.63) is 0 Å². The normalized spacial score (nSPS) is 12.7. The highest BCUT2D eigenvalue weighted by Gasteiger charge is 2.27. The fourth-order valence-electron chi connectivity index (χ4n) is 6.93. The van der Waals surface area contributed by atoms with Gasteiger partial charge >= 0.3 is 0 Å². The molecule has 18 nitrogen and oxygen atoms in total. The molecule has 0 rings (SSSR count). The summed E-state index contributed by atoms with van der Waals surface area (Å²) in [5, 5.41) is 27.1. The van der Waals surface area contributed by atoms with Gasteiger partial charge in [0.05, 0.1) is 24.4 Å². The summed E-state index contributed by atoms with van der Waals surface area (Å²) in [5.41, 5.74) is 0. The van der Waals surface area contributed by atoms with Crippen LogP contribution < -0.4 is 31.9 Å². The van der Waals surface area contributed by atoms with Crippen molar-refractivity contribution in [1.29, 1.82) is 0 Å². The number of hydrogen-bond donors (Lipinski definition) is 7. The summed E-state index contributed by atoms with van der Waals surface area (Å²) in [6.45, 7) is 20.2. The van der Waals surface area contributed by atoms with Gasteiger partial charge in [-0.25, -0.2) is 0 Å². The third-order valence-electron chi connectivity index (χ3n) is 10.6. The molecule has 3 atom stereocenters. The highest BCUT2D eigenvalue weighted by atomic mass is 16.5. The monoisotopic (exact) mass is 970 g/mol. The van der Waals surface area contributed by atoms with Crippen molar-refractivity contribution < 1.29 is 52.9 Å². The zero-order valence-electron chi connectivity index (χ0n) is 43.6. The standard InChI is InChI=1S/C50H95N7O11/c1-37(2)36-47(63)56-48(41(9)58)49(64)54-28-21-26-46(62)55-42(22-16-17-27-51-43(59)23-13-10-18-33-66-38(3)4)50(65)57(31-29-52-44(60)24-14-11-19-34-67-39(5)6)32-30-53-45(61)25-15-12-20-35-68-40(7)8/h37-42,48,58H,10-36H2,1-9H3,(H,51,59)(H,52,60)(H,53,61)(H,54,64)(H,55,62)(H,56,63). The molecule has 0 bridgehead atoms. The maximum Gasteiger partial charge on any atom is 0.245 e. The third kappa shape index (κ3) is 38.0. The summed E-state index contributed by atoms with van der Waals surface area (Å²) >= 11 is 0. The maximum atomic E-state index is 14.4. The van der Waals surface area contributed by atoms with Crippen molar-refractivity contribution in [2.24, 2.45) is 5.92 Å². The van der Waals surface area contributed by atoms with Crippen molar-refractivity contribution in [3.8, 4) is 0 Å². The van der Waals surface area contributed by atoms with E-state index in [4.69, 9.17) is 14.2 Å². The van der Waals surface area contributed by atoms with Crippen molar-refractivity contribution in [3.63, 3.8) is 0 Å². The van der Waals surface area contributed by atoms with Gasteiger partial charge in [0.1, 0.15) is 12.1 Å². The second-order valence-electron chi connectivity index (χ2n) is 19.0. The lowest BCUT2D eigenvalue weighted by Crippen LogP contribution is -2.53. The summed E-state index contributed by atoms with van der Waals surface area (Å²) < 4.78 is 16.7. The van der Waals surface area contributed by atoms with Crippen LogP contribution in [-0.4, -0.2) is 147 Å². The second-order valence-corrected chi connectivity index (χ2v) is 19.0. The van der Waals surface area contributed by atoms with Crippen LogP contribution in [0, 0.1) is 5.92 Å². The summed E-state index contributed by atoms with van der Waals surface area (Å²) in [4.78, 5) is 92.5. The van der Waals surface area contributed by atoms with Gasteiger partial charge in [-0.3, -0.25) is 33.6 Å². The van der Waals surface area contributed by atoms with Crippen LogP contribution in [0.25, 0.3) is 0 Å². The average Bonchev–Trinajstić information content (AvgIpc) is 3.25. The molecule has 0 aromatic heterocycles. The van der Waals surface area contributed by atoms with Crippen molar-refractivity contribution in [2.45, 2.75) is 214 Å². The molecule has 18 heteroatoms. The Kier molecular flexibility index (Phi) is 38.6. The van der Waals surface area contributed by atoms with Gasteiger partial charge < -0.3 is 56.1 Å². The van der Waals surface area contributed by atoms with Crippen molar-refractivity contribution in [2.75, 3.05) is 59.1 Å². The van der Waals surface area contributed by atoms with E-state index in [1.807, 2.05) is 55.4 Å². The smallest absolute Gasteiger partial charge is 0.245 e. The minimum Gasteiger partial charge on any atom is -0.391 e. The van der Waals surface area contributed by atoms with E-state index in [0.717, 1.165) is 44.9 Å². The van der Waals surface area contributed by atoms with Crippen molar-refractivity contribution >= 4 is 41.4 Å². The van der Waals surface area contributed by atoms with Crippen LogP contribution in [0.5, 0.6) is 0 Å². The first-order chi connectivity index (χ1) is 32.3. The molecule has 7 amide bonds. The Labute approximate surface area is 409 Å². The molecule has 0 aromatic carbocycles. The topological polar surface area (TPSA) is 243 Å². The third-order valence-corrected chi connectivity index (χ3v) is 10.6. The molecule has 7 N–H and O–H groups in total. The number of carbonyl (C=O) groups is 7. The van der Waals surface area contributed by atoms with Crippen LogP contribution in [0.3, 0.4) is 0 Å². The summed E-state index contributed by atoms with van der Waals surface area (Å²) in [6.07, 6.45) is 9.54. The number of nitrogens with zero attached hydrogens (tertiary/aromatic N) is 1. The highest BCUT2D eigenvalue weighted by molar-refractivity contribution is 5.89. The fourth-order valence-corrected chi connectivity index (χ4v) is 6.93. The molecule has 0 heterocycles. The number of ether oxygens (including phenoxy) is 3. The highest BCUT2D eigenvalue weighted by Crippen LogP contribution is 2.09. The van der Waals surface area contributed by atoms with Gasteiger partial charge in [-0.2, -0.15) is 0 Å². The van der Waals surface area contributed by atoms with Gasteiger partial charge in [-0.15, -0.1) is 0 Å². The number of rotatable bonds is 43. The van der Waals surface area contributed by atoms with Crippen LogP contribution in [0.1, 0.15) is 178 Å². The number of hydrogen-bond acceptors (Lipinski definition) is 11. The quantitative estimate of drug-likeness (QED) is 0.0417. The lowest BCUT2D eigenvalue weighted by molar-refractivity contribution is -0.137. The van der Waals surface area contributed by atoms with E-state index in [-0.39, 0.29) is 112 Å². The number of aliphatic hydroxyl groups is 1. The molecular formula is C50H95N7O11. The molecule has 0 radical (unpaired) electrons. The van der Waals surface area contributed by atoms with Gasteiger partial charge in [-0.05, 0) is 119 Å². The van der Waals surface area contributed by atoms with Crippen LogP contribution in [-0.2, 0) is 47.8 Å². The van der Waals surface area contributed by atoms with Crippen LogP contribution in [0.4, 0.5) is 0 Å². The van der Waals surface area contributed by atoms with Crippen LogP contribution >= 0.6 is 0 Å². The van der Waals surface area contributed by atoms with E-state index in [2.05, 4.69) is 31.9 Å². The number of amides is 7. The second kappa shape index (κ2) is 41.0. The summed E-state index contributed by atoms with van der Waals surface area (Å²) in [7, 11) is 0. The largest absolute Gasteiger partial charge is 0.391 e. The molecule has 3 unspecified atom stereocenters. The molecule has 0 aliphatic carbocycles. The molecule has 0 saturated heterocycles. The lowest BCUT2D eigenvalue weighted by atomic mass is 10.1. The Bertz CT molecular complexity index is 1360.